The molecule has 0 aliphatic heterocycles. The van der Waals surface area contributed by atoms with E-state index in [1.807, 2.05) is 6.07 Å². The first-order valence-electron chi connectivity index (χ1n) is 5.55. The van der Waals surface area contributed by atoms with Gasteiger partial charge >= 0.3 is 5.97 Å². The zero-order valence-electron chi connectivity index (χ0n) is 10.2. The summed E-state index contributed by atoms with van der Waals surface area (Å²) in [4.78, 5) is 15.9. The molecular formula is C12H15N3O2. The van der Waals surface area contributed by atoms with Crippen LogP contribution in [-0.4, -0.2) is 27.7 Å². The standard InChI is InChI=1S/C12H15N3O2/c1-8(2)7-10-13-11-6-4-5-9(12(16)17-3)15(11)14-10/h4-6,8H,7H2,1-3H3. The lowest BCUT2D eigenvalue weighted by Crippen LogP contribution is -2.09. The topological polar surface area (TPSA) is 56.5 Å². The minimum atomic E-state index is -0.406. The Bertz CT molecular complexity index is 546. The van der Waals surface area contributed by atoms with E-state index in [2.05, 4.69) is 23.9 Å². The van der Waals surface area contributed by atoms with Gasteiger partial charge in [0.1, 0.15) is 0 Å². The summed E-state index contributed by atoms with van der Waals surface area (Å²) in [5.41, 5.74) is 1.07. The van der Waals surface area contributed by atoms with Gasteiger partial charge in [0, 0.05) is 6.42 Å². The summed E-state index contributed by atoms with van der Waals surface area (Å²) < 4.78 is 6.24. The lowest BCUT2D eigenvalue weighted by Gasteiger charge is -2.00. The van der Waals surface area contributed by atoms with Gasteiger partial charge in [-0.2, -0.15) is 5.10 Å². The third kappa shape index (κ3) is 2.27. The monoisotopic (exact) mass is 233 g/mol. The molecular weight excluding hydrogens is 218 g/mol. The predicted octanol–water partition coefficient (Wildman–Crippen LogP) is 1.71. The van der Waals surface area contributed by atoms with Gasteiger partial charge < -0.3 is 4.74 Å². The largest absolute Gasteiger partial charge is 0.464 e. The van der Waals surface area contributed by atoms with E-state index in [1.54, 1.807) is 12.1 Å². The van der Waals surface area contributed by atoms with Crippen molar-refractivity contribution in [1.82, 2.24) is 14.6 Å². The van der Waals surface area contributed by atoms with E-state index in [1.165, 1.54) is 11.6 Å². The van der Waals surface area contributed by atoms with Crippen LogP contribution in [0.15, 0.2) is 18.2 Å². The van der Waals surface area contributed by atoms with E-state index in [0.717, 1.165) is 12.2 Å². The average molecular weight is 233 g/mol. The van der Waals surface area contributed by atoms with Gasteiger partial charge in [-0.15, -0.1) is 0 Å². The number of carbonyl (C=O) groups is 1. The van der Waals surface area contributed by atoms with Crippen molar-refractivity contribution >= 4 is 11.6 Å². The molecule has 2 aromatic heterocycles. The van der Waals surface area contributed by atoms with Gasteiger partial charge in [0.15, 0.2) is 17.2 Å². The minimum Gasteiger partial charge on any atom is -0.464 e. The van der Waals surface area contributed by atoms with Crippen molar-refractivity contribution in [2.75, 3.05) is 7.11 Å². The molecule has 90 valence electrons. The first kappa shape index (κ1) is 11.6. The van der Waals surface area contributed by atoms with Crippen molar-refractivity contribution in [3.8, 4) is 0 Å². The number of carbonyl (C=O) groups excluding carboxylic acids is 1. The fourth-order valence-electron chi connectivity index (χ4n) is 1.66. The van der Waals surface area contributed by atoms with Gasteiger partial charge in [-0.05, 0) is 18.1 Å². The zero-order valence-corrected chi connectivity index (χ0v) is 10.2. The molecule has 2 aromatic rings. The molecule has 0 atom stereocenters. The Labute approximate surface area is 99.4 Å². The number of methoxy groups -OCH3 is 1. The molecule has 0 unspecified atom stereocenters. The maximum atomic E-state index is 11.5. The molecule has 0 aromatic carbocycles. The second-order valence-corrected chi connectivity index (χ2v) is 4.30. The smallest absolute Gasteiger partial charge is 0.356 e. The summed E-state index contributed by atoms with van der Waals surface area (Å²) in [7, 11) is 1.35. The second-order valence-electron chi connectivity index (χ2n) is 4.30. The molecule has 0 amide bonds. The maximum absolute atomic E-state index is 11.5. The van der Waals surface area contributed by atoms with Gasteiger partial charge in [0.2, 0.25) is 0 Å². The van der Waals surface area contributed by atoms with E-state index >= 15 is 0 Å². The molecule has 0 aliphatic rings. The van der Waals surface area contributed by atoms with Crippen LogP contribution >= 0.6 is 0 Å². The number of aromatic nitrogens is 3. The van der Waals surface area contributed by atoms with E-state index in [-0.39, 0.29) is 0 Å². The van der Waals surface area contributed by atoms with Crippen molar-refractivity contribution in [2.45, 2.75) is 20.3 Å². The minimum absolute atomic E-state index is 0.396. The molecule has 17 heavy (non-hydrogen) atoms. The van der Waals surface area contributed by atoms with Crippen LogP contribution in [0.5, 0.6) is 0 Å². The summed E-state index contributed by atoms with van der Waals surface area (Å²) in [5.74, 6) is 0.821. The number of fused-ring (bicyclic) bond motifs is 1. The summed E-state index contributed by atoms with van der Waals surface area (Å²) in [6.45, 7) is 4.21. The third-order valence-corrected chi connectivity index (χ3v) is 2.39. The molecule has 2 heterocycles. The molecule has 0 saturated heterocycles. The number of pyridine rings is 1. The second kappa shape index (κ2) is 4.53. The van der Waals surface area contributed by atoms with E-state index in [4.69, 9.17) is 4.74 Å². The van der Waals surface area contributed by atoms with Gasteiger partial charge in [-0.3, -0.25) is 0 Å². The summed E-state index contributed by atoms with van der Waals surface area (Å²) in [6, 6.07) is 5.27. The molecule has 0 saturated carbocycles. The molecule has 0 radical (unpaired) electrons. The van der Waals surface area contributed by atoms with E-state index in [9.17, 15) is 4.79 Å². The number of esters is 1. The fourth-order valence-corrected chi connectivity index (χ4v) is 1.66. The van der Waals surface area contributed by atoms with Crippen LogP contribution in [-0.2, 0) is 11.2 Å². The summed E-state index contributed by atoms with van der Waals surface area (Å²) in [5, 5.41) is 4.33. The Kier molecular flexibility index (Phi) is 3.08. The average Bonchev–Trinajstić information content (AvgIpc) is 2.68. The Morgan fingerprint density at radius 2 is 2.24 bits per heavy atom. The van der Waals surface area contributed by atoms with Gasteiger partial charge in [-0.1, -0.05) is 19.9 Å². The van der Waals surface area contributed by atoms with Crippen LogP contribution in [0.2, 0.25) is 0 Å². The first-order valence-corrected chi connectivity index (χ1v) is 5.55. The number of nitrogens with zero attached hydrogens (tertiary/aromatic N) is 3. The molecule has 0 fully saturated rings. The van der Waals surface area contributed by atoms with Gasteiger partial charge in [0.05, 0.1) is 7.11 Å². The first-order chi connectivity index (χ1) is 8.11. The normalized spacial score (nSPS) is 11.1. The van der Waals surface area contributed by atoms with Crippen molar-refractivity contribution in [1.29, 1.82) is 0 Å². The van der Waals surface area contributed by atoms with Crippen LogP contribution in [0.1, 0.15) is 30.2 Å². The van der Waals surface area contributed by atoms with Crippen LogP contribution in [0.4, 0.5) is 0 Å². The number of hydrogen-bond acceptors (Lipinski definition) is 4. The highest BCUT2D eigenvalue weighted by Crippen LogP contribution is 2.09. The Hall–Kier alpha value is -1.91. The van der Waals surface area contributed by atoms with Crippen LogP contribution in [0, 0.1) is 5.92 Å². The highest BCUT2D eigenvalue weighted by molar-refractivity contribution is 5.88. The molecule has 5 nitrogen and oxygen atoms in total. The lowest BCUT2D eigenvalue weighted by atomic mass is 10.1. The van der Waals surface area contributed by atoms with Crippen molar-refractivity contribution in [3.05, 3.63) is 29.7 Å². The lowest BCUT2D eigenvalue weighted by molar-refractivity contribution is 0.0591. The molecule has 0 aliphatic carbocycles. The Morgan fingerprint density at radius 3 is 2.88 bits per heavy atom. The van der Waals surface area contributed by atoms with E-state index < -0.39 is 5.97 Å². The van der Waals surface area contributed by atoms with Gasteiger partial charge in [0.25, 0.3) is 0 Å². The quantitative estimate of drug-likeness (QED) is 0.757. The zero-order chi connectivity index (χ0) is 12.4. The van der Waals surface area contributed by atoms with E-state index in [0.29, 0.717) is 17.3 Å². The molecule has 0 spiro atoms. The number of ether oxygens (including phenoxy) is 1. The third-order valence-electron chi connectivity index (χ3n) is 2.39. The highest BCUT2D eigenvalue weighted by Gasteiger charge is 2.13. The SMILES string of the molecule is COC(=O)c1cccc2nc(CC(C)C)nn12. The van der Waals surface area contributed by atoms with Crippen molar-refractivity contribution in [3.63, 3.8) is 0 Å². The number of rotatable bonds is 3. The highest BCUT2D eigenvalue weighted by atomic mass is 16.5. The fraction of sp³-hybridized carbons (Fsp3) is 0.417. The van der Waals surface area contributed by atoms with Crippen LogP contribution < -0.4 is 0 Å². The van der Waals surface area contributed by atoms with Gasteiger partial charge in [-0.25, -0.2) is 14.3 Å². The predicted molar refractivity (Wildman–Crippen MR) is 62.9 cm³/mol. The Morgan fingerprint density at radius 1 is 1.47 bits per heavy atom. The Balaban J connectivity index is 2.49. The summed E-state index contributed by atoms with van der Waals surface area (Å²) >= 11 is 0. The summed E-state index contributed by atoms with van der Waals surface area (Å²) in [6.07, 6.45) is 0.794. The maximum Gasteiger partial charge on any atom is 0.356 e. The molecule has 5 heteroatoms. The number of hydrogen-bond donors (Lipinski definition) is 0. The van der Waals surface area contributed by atoms with Crippen molar-refractivity contribution in [2.24, 2.45) is 5.92 Å². The van der Waals surface area contributed by atoms with Crippen LogP contribution in [0.3, 0.4) is 0 Å². The molecule has 2 rings (SSSR count). The molecule has 0 N–H and O–H groups in total. The van der Waals surface area contributed by atoms with Crippen LogP contribution in [0.25, 0.3) is 5.65 Å². The van der Waals surface area contributed by atoms with Crippen molar-refractivity contribution < 1.29 is 9.53 Å². The molecule has 0 bridgehead atoms.